The summed E-state index contributed by atoms with van der Waals surface area (Å²) in [5, 5.41) is 9.08. The summed E-state index contributed by atoms with van der Waals surface area (Å²) in [7, 11) is 0. The predicted octanol–water partition coefficient (Wildman–Crippen LogP) is 2.30. The summed E-state index contributed by atoms with van der Waals surface area (Å²) in [5.74, 6) is -0.467. The van der Waals surface area contributed by atoms with E-state index in [4.69, 9.17) is 5.11 Å². The Morgan fingerprint density at radius 3 is 2.58 bits per heavy atom. The van der Waals surface area contributed by atoms with Crippen LogP contribution in [0.15, 0.2) is 18.2 Å². The molecule has 0 radical (unpaired) electrons. The van der Waals surface area contributed by atoms with E-state index in [0.717, 1.165) is 5.56 Å². The fraction of sp³-hybridized carbons (Fsp3) is 0.250. The molecule has 0 saturated carbocycles. The molecule has 0 unspecified atom stereocenters. The third-order valence-corrected chi connectivity index (χ3v) is 1.33. The second-order valence-electron chi connectivity index (χ2n) is 2.35. The fourth-order valence-electron chi connectivity index (χ4n) is 0.823. The zero-order valence-electron chi connectivity index (χ0n) is 6.42. The SMILES string of the molecule is Cc1ccc(OC(F)F)c(O)c1. The maximum atomic E-state index is 11.7. The summed E-state index contributed by atoms with van der Waals surface area (Å²) >= 11 is 0. The molecule has 1 rings (SSSR count). The highest BCUT2D eigenvalue weighted by atomic mass is 19.3. The molecule has 0 aromatic heterocycles. The number of aromatic hydroxyl groups is 1. The number of phenols is 1. The van der Waals surface area contributed by atoms with Crippen molar-refractivity contribution in [1.29, 1.82) is 0 Å². The normalized spacial score (nSPS) is 10.3. The summed E-state index contributed by atoms with van der Waals surface area (Å²) in [6.07, 6.45) is 0. The molecule has 66 valence electrons. The lowest BCUT2D eigenvalue weighted by molar-refractivity contribution is -0.0512. The zero-order valence-corrected chi connectivity index (χ0v) is 6.42. The van der Waals surface area contributed by atoms with Crippen molar-refractivity contribution in [3.63, 3.8) is 0 Å². The Balaban J connectivity index is 2.86. The molecule has 0 fully saturated rings. The van der Waals surface area contributed by atoms with Gasteiger partial charge in [-0.3, -0.25) is 0 Å². The van der Waals surface area contributed by atoms with Gasteiger partial charge >= 0.3 is 6.61 Å². The van der Waals surface area contributed by atoms with Gasteiger partial charge in [0.15, 0.2) is 11.5 Å². The lowest BCUT2D eigenvalue weighted by Gasteiger charge is -2.06. The van der Waals surface area contributed by atoms with Crippen molar-refractivity contribution < 1.29 is 18.6 Å². The molecule has 4 heteroatoms. The Morgan fingerprint density at radius 1 is 1.42 bits per heavy atom. The van der Waals surface area contributed by atoms with Gasteiger partial charge in [0.25, 0.3) is 0 Å². The van der Waals surface area contributed by atoms with Crippen LogP contribution >= 0.6 is 0 Å². The van der Waals surface area contributed by atoms with E-state index >= 15 is 0 Å². The van der Waals surface area contributed by atoms with E-state index in [1.807, 2.05) is 0 Å². The van der Waals surface area contributed by atoms with Crippen molar-refractivity contribution in [3.05, 3.63) is 23.8 Å². The Hall–Kier alpha value is -1.32. The fourth-order valence-corrected chi connectivity index (χ4v) is 0.823. The standard InChI is InChI=1S/C8H8F2O2/c1-5-2-3-7(6(11)4-5)12-8(9)10/h2-4,8,11H,1H3. The van der Waals surface area contributed by atoms with Crippen LogP contribution in [0.3, 0.4) is 0 Å². The Labute approximate surface area is 68.4 Å². The number of benzene rings is 1. The van der Waals surface area contributed by atoms with Gasteiger partial charge in [-0.25, -0.2) is 0 Å². The summed E-state index contributed by atoms with van der Waals surface area (Å²) in [5.41, 5.74) is 0.786. The van der Waals surface area contributed by atoms with E-state index in [1.54, 1.807) is 13.0 Å². The second-order valence-corrected chi connectivity index (χ2v) is 2.35. The van der Waals surface area contributed by atoms with Gasteiger partial charge in [0.05, 0.1) is 0 Å². The van der Waals surface area contributed by atoms with Gasteiger partial charge in [0.2, 0.25) is 0 Å². The quantitative estimate of drug-likeness (QED) is 0.745. The molecule has 0 aliphatic rings. The monoisotopic (exact) mass is 174 g/mol. The van der Waals surface area contributed by atoms with E-state index < -0.39 is 6.61 Å². The number of alkyl halides is 2. The molecule has 0 aliphatic carbocycles. The molecular formula is C8H8F2O2. The molecule has 1 N–H and O–H groups in total. The first-order chi connectivity index (χ1) is 5.59. The van der Waals surface area contributed by atoms with Crippen LogP contribution < -0.4 is 4.74 Å². The van der Waals surface area contributed by atoms with Gasteiger partial charge in [0, 0.05) is 0 Å². The summed E-state index contributed by atoms with van der Waals surface area (Å²) in [4.78, 5) is 0. The van der Waals surface area contributed by atoms with Crippen LogP contribution in [0, 0.1) is 6.92 Å². The van der Waals surface area contributed by atoms with Crippen LogP contribution in [0.1, 0.15) is 5.56 Å². The lowest BCUT2D eigenvalue weighted by atomic mass is 10.2. The first kappa shape index (κ1) is 8.77. The minimum absolute atomic E-state index is 0.199. The molecule has 12 heavy (non-hydrogen) atoms. The third kappa shape index (κ3) is 2.08. The number of rotatable bonds is 2. The highest BCUT2D eigenvalue weighted by Gasteiger charge is 2.07. The van der Waals surface area contributed by atoms with Crippen molar-refractivity contribution >= 4 is 0 Å². The van der Waals surface area contributed by atoms with E-state index in [0.29, 0.717) is 0 Å². The highest BCUT2D eigenvalue weighted by Crippen LogP contribution is 2.27. The van der Waals surface area contributed by atoms with Gasteiger partial charge in [-0.2, -0.15) is 8.78 Å². The van der Waals surface area contributed by atoms with Gasteiger partial charge in [-0.15, -0.1) is 0 Å². The molecular weight excluding hydrogens is 166 g/mol. The Morgan fingerprint density at radius 2 is 2.08 bits per heavy atom. The molecule has 0 amide bonds. The third-order valence-electron chi connectivity index (χ3n) is 1.33. The molecule has 2 nitrogen and oxygen atoms in total. The minimum atomic E-state index is -2.90. The smallest absolute Gasteiger partial charge is 0.387 e. The first-order valence-corrected chi connectivity index (χ1v) is 3.34. The molecule has 0 aliphatic heterocycles. The van der Waals surface area contributed by atoms with Crippen LogP contribution in [-0.4, -0.2) is 11.7 Å². The van der Waals surface area contributed by atoms with E-state index in [9.17, 15) is 8.78 Å². The Bertz CT molecular complexity index is 274. The van der Waals surface area contributed by atoms with Crippen molar-refractivity contribution in [2.24, 2.45) is 0 Å². The van der Waals surface area contributed by atoms with Gasteiger partial charge in [-0.1, -0.05) is 6.07 Å². The maximum absolute atomic E-state index is 11.7. The van der Waals surface area contributed by atoms with E-state index in [-0.39, 0.29) is 11.5 Å². The number of halogens is 2. The largest absolute Gasteiger partial charge is 0.504 e. The zero-order chi connectivity index (χ0) is 9.14. The maximum Gasteiger partial charge on any atom is 0.387 e. The summed E-state index contributed by atoms with van der Waals surface area (Å²) in [6.45, 7) is -1.16. The molecule has 0 saturated heterocycles. The second kappa shape index (κ2) is 3.38. The molecule has 1 aromatic rings. The lowest BCUT2D eigenvalue weighted by Crippen LogP contribution is -2.01. The van der Waals surface area contributed by atoms with Crippen molar-refractivity contribution in [1.82, 2.24) is 0 Å². The topological polar surface area (TPSA) is 29.5 Å². The van der Waals surface area contributed by atoms with Crippen molar-refractivity contribution in [2.45, 2.75) is 13.5 Å². The summed E-state index contributed by atoms with van der Waals surface area (Å²) in [6, 6.07) is 4.24. The molecule has 0 bridgehead atoms. The van der Waals surface area contributed by atoms with Gasteiger partial charge < -0.3 is 9.84 Å². The Kier molecular flexibility index (Phi) is 2.47. The number of hydrogen-bond donors (Lipinski definition) is 1. The first-order valence-electron chi connectivity index (χ1n) is 3.34. The summed E-state index contributed by atoms with van der Waals surface area (Å²) < 4.78 is 27.4. The average Bonchev–Trinajstić information content (AvgIpc) is 1.94. The van der Waals surface area contributed by atoms with E-state index in [2.05, 4.69) is 4.74 Å². The van der Waals surface area contributed by atoms with Crippen molar-refractivity contribution in [3.8, 4) is 11.5 Å². The minimum Gasteiger partial charge on any atom is -0.504 e. The van der Waals surface area contributed by atoms with Gasteiger partial charge in [0.1, 0.15) is 0 Å². The van der Waals surface area contributed by atoms with Crippen LogP contribution in [0.5, 0.6) is 11.5 Å². The van der Waals surface area contributed by atoms with Gasteiger partial charge in [-0.05, 0) is 24.6 Å². The number of hydrogen-bond acceptors (Lipinski definition) is 2. The van der Waals surface area contributed by atoms with Crippen LogP contribution in [0.25, 0.3) is 0 Å². The number of ether oxygens (including phenoxy) is 1. The van der Waals surface area contributed by atoms with E-state index in [1.165, 1.54) is 12.1 Å². The molecule has 1 aromatic carbocycles. The number of phenolic OH excluding ortho intramolecular Hbond substituents is 1. The van der Waals surface area contributed by atoms with Crippen LogP contribution in [0.4, 0.5) is 8.78 Å². The molecule has 0 spiro atoms. The molecule has 0 heterocycles. The average molecular weight is 174 g/mol. The number of aryl methyl sites for hydroxylation is 1. The van der Waals surface area contributed by atoms with Crippen LogP contribution in [0.2, 0.25) is 0 Å². The predicted molar refractivity (Wildman–Crippen MR) is 39.5 cm³/mol. The highest BCUT2D eigenvalue weighted by molar-refractivity contribution is 5.41. The van der Waals surface area contributed by atoms with Crippen molar-refractivity contribution in [2.75, 3.05) is 0 Å². The van der Waals surface area contributed by atoms with Crippen LogP contribution in [-0.2, 0) is 0 Å². The molecule has 0 atom stereocenters.